The Balaban J connectivity index is 1.70. The number of halogens is 1. The second-order valence-corrected chi connectivity index (χ2v) is 7.33. The molecule has 3 aromatic carbocycles. The second-order valence-electron chi connectivity index (χ2n) is 6.90. The number of amides is 2. The van der Waals surface area contributed by atoms with Crippen molar-refractivity contribution < 1.29 is 4.79 Å². The Bertz CT molecular complexity index is 968. The van der Waals surface area contributed by atoms with Crippen molar-refractivity contribution in [1.82, 2.24) is 4.90 Å². The fraction of sp³-hybridized carbons (Fsp3) is 0.174. The number of benzene rings is 3. The van der Waals surface area contributed by atoms with E-state index in [-0.39, 0.29) is 12.1 Å². The number of rotatable bonds is 2. The van der Waals surface area contributed by atoms with E-state index in [4.69, 9.17) is 11.6 Å². The number of hydrogen-bond donors (Lipinski definition) is 1. The molecule has 0 unspecified atom stereocenters. The Labute approximate surface area is 164 Å². The number of hydrogen-bond acceptors (Lipinski definition) is 1. The fourth-order valence-corrected chi connectivity index (χ4v) is 3.83. The summed E-state index contributed by atoms with van der Waals surface area (Å²) in [4.78, 5) is 15.0. The van der Waals surface area contributed by atoms with Gasteiger partial charge in [0.25, 0.3) is 0 Å². The van der Waals surface area contributed by atoms with Crippen LogP contribution in [0.3, 0.4) is 0 Å². The maximum Gasteiger partial charge on any atom is 0.322 e. The number of nitrogens with one attached hydrogen (secondary N) is 1. The molecule has 1 heterocycles. The molecule has 2 amide bonds. The molecule has 27 heavy (non-hydrogen) atoms. The minimum absolute atomic E-state index is 0.0879. The summed E-state index contributed by atoms with van der Waals surface area (Å²) in [6.45, 7) is 2.69. The van der Waals surface area contributed by atoms with Crippen LogP contribution in [0.1, 0.15) is 28.3 Å². The summed E-state index contributed by atoms with van der Waals surface area (Å²) in [6, 6.07) is 23.8. The fourth-order valence-electron chi connectivity index (χ4n) is 3.71. The zero-order valence-corrected chi connectivity index (χ0v) is 15.9. The van der Waals surface area contributed by atoms with Crippen molar-refractivity contribution in [3.8, 4) is 0 Å². The molecule has 3 nitrogen and oxygen atoms in total. The molecule has 0 radical (unpaired) electrons. The van der Waals surface area contributed by atoms with Crippen LogP contribution in [-0.2, 0) is 6.42 Å². The third kappa shape index (κ3) is 3.69. The summed E-state index contributed by atoms with van der Waals surface area (Å²) < 4.78 is 0. The summed E-state index contributed by atoms with van der Waals surface area (Å²) in [5.74, 6) is 0. The summed E-state index contributed by atoms with van der Waals surface area (Å²) >= 11 is 6.08. The summed E-state index contributed by atoms with van der Waals surface area (Å²) in [6.07, 6.45) is 0.849. The van der Waals surface area contributed by atoms with Gasteiger partial charge < -0.3 is 10.2 Å². The van der Waals surface area contributed by atoms with Crippen LogP contribution in [0.15, 0.2) is 72.8 Å². The molecular weight excluding hydrogens is 356 g/mol. The molecule has 1 atom stereocenters. The molecule has 0 saturated carbocycles. The monoisotopic (exact) mass is 376 g/mol. The van der Waals surface area contributed by atoms with Crippen molar-refractivity contribution in [1.29, 1.82) is 0 Å². The van der Waals surface area contributed by atoms with Gasteiger partial charge in [0, 0.05) is 17.3 Å². The molecular formula is C23H21ClN2O. The standard InChI is InChI=1S/C23H21ClN2O/c1-16-5-4-7-20(15-16)25-23(27)26-14-13-17-6-2-3-8-21(17)22(26)18-9-11-19(24)12-10-18/h2-12,15,22H,13-14H2,1H3,(H,25,27)/t22-/m1/s1. The van der Waals surface area contributed by atoms with Gasteiger partial charge >= 0.3 is 6.03 Å². The molecule has 0 bridgehead atoms. The summed E-state index contributed by atoms with van der Waals surface area (Å²) in [5, 5.41) is 3.75. The topological polar surface area (TPSA) is 32.3 Å². The lowest BCUT2D eigenvalue weighted by Gasteiger charge is -2.37. The Kier molecular flexibility index (Phi) is 4.87. The van der Waals surface area contributed by atoms with Crippen molar-refractivity contribution in [2.24, 2.45) is 0 Å². The number of fused-ring (bicyclic) bond motifs is 1. The Morgan fingerprint density at radius 2 is 1.81 bits per heavy atom. The van der Waals surface area contributed by atoms with E-state index in [1.54, 1.807) is 0 Å². The Hall–Kier alpha value is -2.78. The highest BCUT2D eigenvalue weighted by molar-refractivity contribution is 6.30. The van der Waals surface area contributed by atoms with Crippen molar-refractivity contribution in [3.63, 3.8) is 0 Å². The number of nitrogens with zero attached hydrogens (tertiary/aromatic N) is 1. The third-order valence-electron chi connectivity index (χ3n) is 5.00. The predicted molar refractivity (Wildman–Crippen MR) is 110 cm³/mol. The highest BCUT2D eigenvalue weighted by atomic mass is 35.5. The molecule has 4 heteroatoms. The second kappa shape index (κ2) is 7.45. The van der Waals surface area contributed by atoms with Gasteiger partial charge in [0.15, 0.2) is 0 Å². The van der Waals surface area contributed by atoms with Crippen LogP contribution >= 0.6 is 11.6 Å². The van der Waals surface area contributed by atoms with E-state index in [0.717, 1.165) is 23.2 Å². The first-order chi connectivity index (χ1) is 13.1. The maximum absolute atomic E-state index is 13.1. The van der Waals surface area contributed by atoms with Gasteiger partial charge in [-0.1, -0.05) is 60.1 Å². The van der Waals surface area contributed by atoms with E-state index in [1.807, 2.05) is 66.4 Å². The Morgan fingerprint density at radius 1 is 1.04 bits per heavy atom. The largest absolute Gasteiger partial charge is 0.322 e. The molecule has 1 N–H and O–H groups in total. The quantitative estimate of drug-likeness (QED) is 0.599. The van der Waals surface area contributed by atoms with Crippen molar-refractivity contribution in [2.45, 2.75) is 19.4 Å². The number of urea groups is 1. The van der Waals surface area contributed by atoms with Crippen molar-refractivity contribution >= 4 is 23.3 Å². The minimum Gasteiger partial charge on any atom is -0.313 e. The van der Waals surface area contributed by atoms with Gasteiger partial charge in [0.2, 0.25) is 0 Å². The lowest BCUT2D eigenvalue weighted by atomic mass is 9.88. The first-order valence-electron chi connectivity index (χ1n) is 9.09. The van der Waals surface area contributed by atoms with Crippen LogP contribution < -0.4 is 5.32 Å². The normalized spacial score (nSPS) is 15.9. The van der Waals surface area contributed by atoms with E-state index in [2.05, 4.69) is 23.5 Å². The molecule has 136 valence electrons. The van der Waals surface area contributed by atoms with E-state index >= 15 is 0 Å². The van der Waals surface area contributed by atoms with Crippen LogP contribution in [0, 0.1) is 6.92 Å². The smallest absolute Gasteiger partial charge is 0.313 e. The summed E-state index contributed by atoms with van der Waals surface area (Å²) in [5.41, 5.74) is 5.45. The van der Waals surface area contributed by atoms with Gasteiger partial charge in [-0.05, 0) is 59.9 Å². The van der Waals surface area contributed by atoms with Gasteiger partial charge in [-0.2, -0.15) is 0 Å². The van der Waals surface area contributed by atoms with E-state index in [1.165, 1.54) is 11.1 Å². The molecule has 0 aliphatic carbocycles. The van der Waals surface area contributed by atoms with Gasteiger partial charge in [-0.15, -0.1) is 0 Å². The van der Waals surface area contributed by atoms with Crippen LogP contribution in [0.2, 0.25) is 5.02 Å². The number of anilines is 1. The number of aryl methyl sites for hydroxylation is 1. The van der Waals surface area contributed by atoms with Crippen molar-refractivity contribution in [3.05, 3.63) is 100 Å². The van der Waals surface area contributed by atoms with Crippen LogP contribution in [0.4, 0.5) is 10.5 Å². The van der Waals surface area contributed by atoms with Crippen molar-refractivity contribution in [2.75, 3.05) is 11.9 Å². The lowest BCUT2D eigenvalue weighted by Crippen LogP contribution is -2.43. The van der Waals surface area contributed by atoms with Gasteiger partial charge in [0.05, 0.1) is 6.04 Å². The molecule has 1 aliphatic heterocycles. The summed E-state index contributed by atoms with van der Waals surface area (Å²) in [7, 11) is 0. The predicted octanol–water partition coefficient (Wildman–Crippen LogP) is 5.83. The first-order valence-corrected chi connectivity index (χ1v) is 9.47. The third-order valence-corrected chi connectivity index (χ3v) is 5.25. The highest BCUT2D eigenvalue weighted by Crippen LogP contribution is 2.36. The molecule has 0 saturated heterocycles. The van der Waals surface area contributed by atoms with Gasteiger partial charge in [-0.25, -0.2) is 4.79 Å². The van der Waals surface area contributed by atoms with E-state index in [0.29, 0.717) is 11.6 Å². The lowest BCUT2D eigenvalue weighted by molar-refractivity contribution is 0.194. The first kappa shape index (κ1) is 17.6. The van der Waals surface area contributed by atoms with Crippen LogP contribution in [0.5, 0.6) is 0 Å². The van der Waals surface area contributed by atoms with Gasteiger partial charge in [-0.3, -0.25) is 0 Å². The molecule has 0 aromatic heterocycles. The zero-order chi connectivity index (χ0) is 18.8. The molecule has 4 rings (SSSR count). The highest BCUT2D eigenvalue weighted by Gasteiger charge is 2.31. The minimum atomic E-state index is -0.128. The SMILES string of the molecule is Cc1cccc(NC(=O)N2CCc3ccccc3[C@H]2c2ccc(Cl)cc2)c1. The van der Waals surface area contributed by atoms with Crippen LogP contribution in [0.25, 0.3) is 0 Å². The van der Waals surface area contributed by atoms with Gasteiger partial charge in [0.1, 0.15) is 0 Å². The van der Waals surface area contributed by atoms with E-state index < -0.39 is 0 Å². The van der Waals surface area contributed by atoms with Crippen LogP contribution in [-0.4, -0.2) is 17.5 Å². The molecule has 1 aliphatic rings. The molecule has 0 fully saturated rings. The molecule has 0 spiro atoms. The average molecular weight is 377 g/mol. The molecule has 3 aromatic rings. The average Bonchev–Trinajstić information content (AvgIpc) is 2.68. The number of carbonyl (C=O) groups excluding carboxylic acids is 1. The van der Waals surface area contributed by atoms with E-state index in [9.17, 15) is 4.79 Å². The number of carbonyl (C=O) groups is 1. The Morgan fingerprint density at radius 3 is 2.59 bits per heavy atom. The zero-order valence-electron chi connectivity index (χ0n) is 15.2. The maximum atomic E-state index is 13.1.